The number of rotatable bonds is 4. The lowest BCUT2D eigenvalue weighted by Crippen LogP contribution is -2.43. The average Bonchev–Trinajstić information content (AvgIpc) is 2.27. The van der Waals surface area contributed by atoms with Gasteiger partial charge in [0.1, 0.15) is 5.60 Å². The normalized spacial score (nSPS) is 14.3. The van der Waals surface area contributed by atoms with Gasteiger partial charge in [0, 0.05) is 18.9 Å². The third kappa shape index (κ3) is 3.65. The molecule has 0 aliphatic carbocycles. The fraction of sp³-hybridized carbons (Fsp3) is 0.400. The summed E-state index contributed by atoms with van der Waals surface area (Å²) in [5.41, 5.74) is -0.871. The van der Waals surface area contributed by atoms with Gasteiger partial charge in [-0.25, -0.2) is 0 Å². The van der Waals surface area contributed by atoms with Crippen molar-refractivity contribution in [2.75, 3.05) is 13.2 Å². The standard InChI is InChI=1S/C10H14N2O3/c1-10(15,7-13)6-12-9(14)8-3-2-4-11-5-8/h2-5,13,15H,6-7H2,1H3,(H,12,14). The molecule has 1 atom stereocenters. The van der Waals surface area contributed by atoms with Crippen molar-refractivity contribution in [3.8, 4) is 0 Å². The van der Waals surface area contributed by atoms with E-state index in [1.54, 1.807) is 18.3 Å². The lowest BCUT2D eigenvalue weighted by Gasteiger charge is -2.20. The second-order valence-electron chi connectivity index (χ2n) is 3.58. The van der Waals surface area contributed by atoms with Gasteiger partial charge in [-0.2, -0.15) is 0 Å². The van der Waals surface area contributed by atoms with E-state index in [9.17, 15) is 9.90 Å². The number of hydrogen-bond donors (Lipinski definition) is 3. The van der Waals surface area contributed by atoms with Crippen LogP contribution in [0.3, 0.4) is 0 Å². The van der Waals surface area contributed by atoms with E-state index in [1.807, 2.05) is 0 Å². The van der Waals surface area contributed by atoms with Crippen LogP contribution in [0.2, 0.25) is 0 Å². The van der Waals surface area contributed by atoms with Gasteiger partial charge in [-0.05, 0) is 19.1 Å². The molecule has 0 saturated carbocycles. The molecule has 5 nitrogen and oxygen atoms in total. The van der Waals surface area contributed by atoms with E-state index in [-0.39, 0.29) is 12.5 Å². The molecule has 1 aromatic rings. The first-order valence-corrected chi connectivity index (χ1v) is 4.57. The molecule has 1 aromatic heterocycles. The van der Waals surface area contributed by atoms with E-state index in [2.05, 4.69) is 10.3 Å². The molecule has 0 bridgehead atoms. The lowest BCUT2D eigenvalue weighted by atomic mass is 10.1. The molecule has 5 heteroatoms. The van der Waals surface area contributed by atoms with E-state index in [0.717, 1.165) is 0 Å². The minimum absolute atomic E-state index is 0.00275. The Bertz CT molecular complexity index is 325. The molecule has 0 aromatic carbocycles. The highest BCUT2D eigenvalue weighted by molar-refractivity contribution is 5.93. The molecule has 0 saturated heterocycles. The lowest BCUT2D eigenvalue weighted by molar-refractivity contribution is 0.00320. The summed E-state index contributed by atoms with van der Waals surface area (Å²) in [5, 5.41) is 20.7. The number of aliphatic hydroxyl groups is 2. The maximum absolute atomic E-state index is 11.5. The van der Waals surface area contributed by atoms with Gasteiger partial charge in [0.2, 0.25) is 0 Å². The first-order chi connectivity index (χ1) is 7.05. The predicted octanol–water partition coefficient (Wildman–Crippen LogP) is -0.445. The molecule has 1 rings (SSSR count). The number of amides is 1. The van der Waals surface area contributed by atoms with Crippen LogP contribution < -0.4 is 5.32 Å². The maximum atomic E-state index is 11.5. The van der Waals surface area contributed by atoms with Gasteiger partial charge in [0.05, 0.1) is 12.2 Å². The minimum atomic E-state index is -1.29. The second kappa shape index (κ2) is 4.86. The highest BCUT2D eigenvalue weighted by Crippen LogP contribution is 2.00. The fourth-order valence-electron chi connectivity index (χ4n) is 0.926. The van der Waals surface area contributed by atoms with Crippen LogP contribution in [0, 0.1) is 0 Å². The first-order valence-electron chi connectivity index (χ1n) is 4.57. The van der Waals surface area contributed by atoms with Crippen LogP contribution in [0.15, 0.2) is 24.5 Å². The summed E-state index contributed by atoms with van der Waals surface area (Å²) < 4.78 is 0. The molecule has 0 aliphatic rings. The van der Waals surface area contributed by atoms with Gasteiger partial charge in [0.15, 0.2) is 0 Å². The van der Waals surface area contributed by atoms with E-state index < -0.39 is 12.2 Å². The molecular formula is C10H14N2O3. The molecule has 3 N–H and O–H groups in total. The SMILES string of the molecule is CC(O)(CO)CNC(=O)c1cccnc1. The third-order valence-electron chi connectivity index (χ3n) is 1.89. The topological polar surface area (TPSA) is 82.5 Å². The predicted molar refractivity (Wildman–Crippen MR) is 54.3 cm³/mol. The molecule has 1 heterocycles. The summed E-state index contributed by atoms with van der Waals surface area (Å²) >= 11 is 0. The quantitative estimate of drug-likeness (QED) is 0.629. The smallest absolute Gasteiger partial charge is 0.252 e. The van der Waals surface area contributed by atoms with Crippen LogP contribution in [-0.2, 0) is 0 Å². The van der Waals surface area contributed by atoms with Gasteiger partial charge < -0.3 is 15.5 Å². The zero-order valence-electron chi connectivity index (χ0n) is 8.47. The molecule has 1 unspecified atom stereocenters. The Hall–Kier alpha value is -1.46. The highest BCUT2D eigenvalue weighted by Gasteiger charge is 2.19. The molecule has 82 valence electrons. The van der Waals surface area contributed by atoms with E-state index in [4.69, 9.17) is 5.11 Å². The summed E-state index contributed by atoms with van der Waals surface area (Å²) in [6.45, 7) is 1.04. The van der Waals surface area contributed by atoms with Crippen LogP contribution in [0.4, 0.5) is 0 Å². The zero-order chi connectivity index (χ0) is 11.3. The number of nitrogens with zero attached hydrogens (tertiary/aromatic N) is 1. The Morgan fingerprint density at radius 1 is 1.67 bits per heavy atom. The van der Waals surface area contributed by atoms with Gasteiger partial charge in [-0.3, -0.25) is 9.78 Å². The molecule has 0 aliphatic heterocycles. The van der Waals surface area contributed by atoms with Gasteiger partial charge >= 0.3 is 0 Å². The van der Waals surface area contributed by atoms with Crippen molar-refractivity contribution in [2.45, 2.75) is 12.5 Å². The number of aliphatic hydroxyl groups excluding tert-OH is 1. The molecule has 1 amide bonds. The van der Waals surface area contributed by atoms with E-state index in [0.29, 0.717) is 5.56 Å². The van der Waals surface area contributed by atoms with Crippen LogP contribution in [0.5, 0.6) is 0 Å². The summed E-state index contributed by atoms with van der Waals surface area (Å²) in [7, 11) is 0. The number of carbonyl (C=O) groups is 1. The van der Waals surface area contributed by atoms with Crippen molar-refractivity contribution in [2.24, 2.45) is 0 Å². The summed E-state index contributed by atoms with van der Waals surface area (Å²) in [6, 6.07) is 3.27. The highest BCUT2D eigenvalue weighted by atomic mass is 16.3. The van der Waals surface area contributed by atoms with E-state index in [1.165, 1.54) is 13.1 Å². The number of nitrogens with one attached hydrogen (secondary N) is 1. The first kappa shape index (κ1) is 11.6. The van der Waals surface area contributed by atoms with Gasteiger partial charge in [-0.15, -0.1) is 0 Å². The molecule has 0 fully saturated rings. The van der Waals surface area contributed by atoms with Gasteiger partial charge in [-0.1, -0.05) is 0 Å². The van der Waals surface area contributed by atoms with Crippen molar-refractivity contribution in [3.05, 3.63) is 30.1 Å². The minimum Gasteiger partial charge on any atom is -0.393 e. The number of aromatic nitrogens is 1. The Balaban J connectivity index is 2.51. The Kier molecular flexibility index (Phi) is 3.76. The average molecular weight is 210 g/mol. The Morgan fingerprint density at radius 3 is 2.93 bits per heavy atom. The van der Waals surface area contributed by atoms with Crippen molar-refractivity contribution >= 4 is 5.91 Å². The maximum Gasteiger partial charge on any atom is 0.252 e. The van der Waals surface area contributed by atoms with Crippen LogP contribution in [-0.4, -0.2) is 39.9 Å². The zero-order valence-corrected chi connectivity index (χ0v) is 8.47. The summed E-state index contributed by atoms with van der Waals surface area (Å²) in [5.74, 6) is -0.322. The summed E-state index contributed by atoms with van der Waals surface area (Å²) in [4.78, 5) is 15.3. The Labute approximate surface area is 87.8 Å². The fourth-order valence-corrected chi connectivity index (χ4v) is 0.926. The third-order valence-corrected chi connectivity index (χ3v) is 1.89. The molecular weight excluding hydrogens is 196 g/mol. The number of carbonyl (C=O) groups excluding carboxylic acids is 1. The molecule has 15 heavy (non-hydrogen) atoms. The monoisotopic (exact) mass is 210 g/mol. The van der Waals surface area contributed by atoms with Crippen molar-refractivity contribution in [1.82, 2.24) is 10.3 Å². The van der Waals surface area contributed by atoms with Crippen LogP contribution in [0.1, 0.15) is 17.3 Å². The van der Waals surface area contributed by atoms with Crippen LogP contribution >= 0.6 is 0 Å². The van der Waals surface area contributed by atoms with Crippen molar-refractivity contribution in [3.63, 3.8) is 0 Å². The summed E-state index contributed by atoms with van der Waals surface area (Å²) in [6.07, 6.45) is 3.00. The van der Waals surface area contributed by atoms with Crippen molar-refractivity contribution < 1.29 is 15.0 Å². The number of pyridine rings is 1. The largest absolute Gasteiger partial charge is 0.393 e. The Morgan fingerprint density at radius 2 is 2.40 bits per heavy atom. The number of hydrogen-bond acceptors (Lipinski definition) is 4. The molecule has 0 spiro atoms. The molecule has 0 radical (unpaired) electrons. The van der Waals surface area contributed by atoms with E-state index >= 15 is 0 Å². The second-order valence-corrected chi connectivity index (χ2v) is 3.58. The van der Waals surface area contributed by atoms with Crippen LogP contribution in [0.25, 0.3) is 0 Å². The van der Waals surface area contributed by atoms with Gasteiger partial charge in [0.25, 0.3) is 5.91 Å². The van der Waals surface area contributed by atoms with Crippen molar-refractivity contribution in [1.29, 1.82) is 0 Å².